The minimum Gasteiger partial charge on any atom is -0.496 e. The van der Waals surface area contributed by atoms with E-state index in [2.05, 4.69) is 10.6 Å². The number of fused-ring (bicyclic) bond motifs is 3. The van der Waals surface area contributed by atoms with Gasteiger partial charge in [0, 0.05) is 58.1 Å². The lowest BCUT2D eigenvalue weighted by molar-refractivity contribution is -0.192. The van der Waals surface area contributed by atoms with Gasteiger partial charge in [-0.1, -0.05) is 35.3 Å². The first-order valence-electron chi connectivity index (χ1n) is 20.3. The van der Waals surface area contributed by atoms with Crippen LogP contribution in [-0.4, -0.2) is 142 Å². The number of rotatable bonds is 19. The lowest BCUT2D eigenvalue weighted by atomic mass is 9.95. The number of alkyl halides is 3. The number of morpholine rings is 1. The lowest BCUT2D eigenvalue weighted by Gasteiger charge is -2.41. The van der Waals surface area contributed by atoms with E-state index < -0.39 is 17.7 Å². The minimum atomic E-state index is -5.08. The summed E-state index contributed by atoms with van der Waals surface area (Å²) < 4.78 is 73.0. The van der Waals surface area contributed by atoms with Crippen molar-refractivity contribution in [3.8, 4) is 39.6 Å². The number of carbonyl (C=O) groups excluding carboxylic acids is 2. The number of benzene rings is 3. The molecular weight excluding hydrogens is 904 g/mol. The molecule has 354 valence electrons. The Morgan fingerprint density at radius 3 is 2.14 bits per heavy atom. The normalized spacial score (nSPS) is 14.0. The highest BCUT2D eigenvalue weighted by Gasteiger charge is 2.40. The molecule has 17 nitrogen and oxygen atoms in total. The van der Waals surface area contributed by atoms with Crippen molar-refractivity contribution in [3.63, 3.8) is 0 Å². The number of halogens is 5. The first-order valence-corrected chi connectivity index (χ1v) is 21.1. The van der Waals surface area contributed by atoms with Crippen LogP contribution in [0.15, 0.2) is 54.6 Å². The van der Waals surface area contributed by atoms with Crippen LogP contribution >= 0.6 is 23.2 Å². The summed E-state index contributed by atoms with van der Waals surface area (Å²) in [7, 11) is 1.58. The number of amides is 3. The van der Waals surface area contributed by atoms with E-state index in [1.807, 2.05) is 44.2 Å². The van der Waals surface area contributed by atoms with E-state index in [0.29, 0.717) is 135 Å². The SMILES string of the molecule is COc1cc2c(cc1-c1cccc(NC(=O)NCCOCCOCCOCCOCCN)c1)-c1c(c(C(=O)N3CCOCC3(C)C)nn1-c1cc(Cl)cc(Cl)c1)CO2.O=C(O)C(F)(F)F. The minimum absolute atomic E-state index is 0.0980. The summed E-state index contributed by atoms with van der Waals surface area (Å²) in [4.78, 5) is 37.8. The van der Waals surface area contributed by atoms with Gasteiger partial charge >= 0.3 is 18.2 Å². The molecule has 0 bridgehead atoms. The van der Waals surface area contributed by atoms with E-state index in [-0.39, 0.29) is 24.2 Å². The van der Waals surface area contributed by atoms with Crippen LogP contribution in [0.4, 0.5) is 23.7 Å². The number of urea groups is 1. The van der Waals surface area contributed by atoms with Crippen molar-refractivity contribution in [2.45, 2.75) is 32.2 Å². The van der Waals surface area contributed by atoms with E-state index in [9.17, 15) is 22.8 Å². The number of methoxy groups -OCH3 is 1. The maximum absolute atomic E-state index is 14.3. The molecule has 4 aromatic rings. The van der Waals surface area contributed by atoms with Gasteiger partial charge in [0.25, 0.3) is 5.91 Å². The van der Waals surface area contributed by atoms with Crippen molar-refractivity contribution in [3.05, 3.63) is 75.9 Å². The van der Waals surface area contributed by atoms with E-state index in [0.717, 1.165) is 11.1 Å². The standard InChI is InChI=1S/C41H50Cl2N6O9.C2HF3O2/c1-41(2)26-57-12-9-48(41)39(50)37-34-25-58-36-24-35(52-3)32(23-33(36)38(34)49(47-37)31-21-28(42)20-29(43)22-31)27-5-4-6-30(19-27)46-40(51)45-8-11-54-14-16-56-18-17-55-15-13-53-10-7-44;3-2(4,5)1(6)7/h4-6,19-24H,7-18,25-26,44H2,1-3H3,(H2,45,46,51);(H,6,7). The molecule has 1 fully saturated rings. The van der Waals surface area contributed by atoms with Crippen molar-refractivity contribution in [2.24, 2.45) is 5.73 Å². The Balaban J connectivity index is 0.00000105. The molecule has 5 N–H and O–H groups in total. The van der Waals surface area contributed by atoms with Crippen LogP contribution in [0.3, 0.4) is 0 Å². The summed E-state index contributed by atoms with van der Waals surface area (Å²) in [5, 5.41) is 18.6. The number of hydrogen-bond acceptors (Lipinski definition) is 12. The molecule has 22 heteroatoms. The number of ether oxygens (including phenoxy) is 7. The van der Waals surface area contributed by atoms with Crippen molar-refractivity contribution >= 4 is 46.8 Å². The molecule has 3 aromatic carbocycles. The maximum atomic E-state index is 14.3. The molecule has 0 aliphatic carbocycles. The van der Waals surface area contributed by atoms with Gasteiger partial charge in [0.1, 0.15) is 18.1 Å². The summed E-state index contributed by atoms with van der Waals surface area (Å²) in [6.45, 7) is 9.63. The zero-order chi connectivity index (χ0) is 47.1. The average Bonchev–Trinajstić information content (AvgIpc) is 3.66. The van der Waals surface area contributed by atoms with Crippen LogP contribution in [0.25, 0.3) is 28.1 Å². The largest absolute Gasteiger partial charge is 0.496 e. The highest BCUT2D eigenvalue weighted by molar-refractivity contribution is 6.34. The van der Waals surface area contributed by atoms with Gasteiger partial charge in [0.2, 0.25) is 0 Å². The number of nitrogens with zero attached hydrogens (tertiary/aromatic N) is 3. The Morgan fingerprint density at radius 2 is 1.54 bits per heavy atom. The van der Waals surface area contributed by atoms with E-state index >= 15 is 0 Å². The maximum Gasteiger partial charge on any atom is 0.490 e. The van der Waals surface area contributed by atoms with Gasteiger partial charge in [-0.05, 0) is 55.8 Å². The van der Waals surface area contributed by atoms with Crippen LogP contribution in [-0.2, 0) is 35.1 Å². The van der Waals surface area contributed by atoms with Crippen LogP contribution in [0, 0.1) is 0 Å². The fourth-order valence-corrected chi connectivity index (χ4v) is 7.19. The second kappa shape index (κ2) is 23.8. The van der Waals surface area contributed by atoms with Crippen molar-refractivity contribution in [2.75, 3.05) is 98.1 Å². The molecule has 1 aromatic heterocycles. The molecule has 2 aliphatic rings. The quantitative estimate of drug-likeness (QED) is 0.0748. The van der Waals surface area contributed by atoms with E-state index in [4.69, 9.17) is 77.1 Å². The average molecular weight is 956 g/mol. The molecule has 2 aliphatic heterocycles. The second-order valence-corrected chi connectivity index (χ2v) is 15.8. The number of aromatic nitrogens is 2. The van der Waals surface area contributed by atoms with Gasteiger partial charge in [-0.25, -0.2) is 14.3 Å². The molecule has 0 saturated carbocycles. The first kappa shape index (κ1) is 50.8. The number of aliphatic carboxylic acids is 1. The number of carboxylic acids is 1. The number of nitrogens with two attached hydrogens (primary N) is 1. The van der Waals surface area contributed by atoms with Crippen LogP contribution < -0.4 is 25.8 Å². The molecule has 0 spiro atoms. The smallest absolute Gasteiger partial charge is 0.490 e. The summed E-state index contributed by atoms with van der Waals surface area (Å²) in [5.74, 6) is -1.89. The second-order valence-electron chi connectivity index (χ2n) is 14.9. The Labute approximate surface area is 383 Å². The van der Waals surface area contributed by atoms with Crippen LogP contribution in [0.5, 0.6) is 11.5 Å². The van der Waals surface area contributed by atoms with Gasteiger partial charge in [-0.2, -0.15) is 18.3 Å². The van der Waals surface area contributed by atoms with Crippen molar-refractivity contribution in [1.29, 1.82) is 0 Å². The molecule has 1 saturated heterocycles. The number of anilines is 1. The Kier molecular flexibility index (Phi) is 18.6. The van der Waals surface area contributed by atoms with Gasteiger partial charge in [-0.15, -0.1) is 0 Å². The molecule has 3 heterocycles. The molecular formula is C43H51Cl2F3N6O11. The predicted molar refractivity (Wildman–Crippen MR) is 234 cm³/mol. The van der Waals surface area contributed by atoms with Crippen molar-refractivity contribution in [1.82, 2.24) is 20.0 Å². The Bertz CT molecular complexity index is 2240. The van der Waals surface area contributed by atoms with Gasteiger partial charge in [0.15, 0.2) is 5.69 Å². The van der Waals surface area contributed by atoms with Gasteiger partial charge < -0.3 is 59.5 Å². The third kappa shape index (κ3) is 14.2. The first-order chi connectivity index (χ1) is 31.0. The number of carbonyl (C=O) groups is 3. The lowest BCUT2D eigenvalue weighted by Crippen LogP contribution is -2.55. The predicted octanol–water partition coefficient (Wildman–Crippen LogP) is 6.45. The Morgan fingerprint density at radius 1 is 0.908 bits per heavy atom. The fourth-order valence-electron chi connectivity index (χ4n) is 6.68. The van der Waals surface area contributed by atoms with Gasteiger partial charge in [-0.3, -0.25) is 4.79 Å². The topological polar surface area (TPSA) is 207 Å². The summed E-state index contributed by atoms with van der Waals surface area (Å²) in [5.41, 5.74) is 9.69. The molecule has 0 atom stereocenters. The third-order valence-electron chi connectivity index (χ3n) is 9.68. The monoisotopic (exact) mass is 954 g/mol. The van der Waals surface area contributed by atoms with Gasteiger partial charge in [0.05, 0.1) is 90.1 Å². The molecule has 0 unspecified atom stereocenters. The Hall–Kier alpha value is -5.19. The third-order valence-corrected chi connectivity index (χ3v) is 10.1. The summed E-state index contributed by atoms with van der Waals surface area (Å²) >= 11 is 13.0. The molecule has 0 radical (unpaired) electrons. The van der Waals surface area contributed by atoms with Crippen LogP contribution in [0.2, 0.25) is 10.0 Å². The van der Waals surface area contributed by atoms with Crippen LogP contribution in [0.1, 0.15) is 29.9 Å². The van der Waals surface area contributed by atoms with Crippen molar-refractivity contribution < 1.29 is 65.8 Å². The zero-order valence-electron chi connectivity index (χ0n) is 35.9. The molecule has 6 rings (SSSR count). The summed E-state index contributed by atoms with van der Waals surface area (Å²) in [6.07, 6.45) is -5.08. The molecule has 3 amide bonds. The van der Waals surface area contributed by atoms with E-state index in [1.54, 1.807) is 41.0 Å². The highest BCUT2D eigenvalue weighted by atomic mass is 35.5. The summed E-state index contributed by atoms with van der Waals surface area (Å²) in [6, 6.07) is 15.9. The fraction of sp³-hybridized carbons (Fsp3) is 0.442. The molecule has 65 heavy (non-hydrogen) atoms. The number of hydrogen-bond donors (Lipinski definition) is 4. The zero-order valence-corrected chi connectivity index (χ0v) is 37.4. The highest BCUT2D eigenvalue weighted by Crippen LogP contribution is 2.47. The number of carboxylic acid groups (broad SMARTS) is 1. The number of nitrogens with one attached hydrogen (secondary N) is 2. The van der Waals surface area contributed by atoms with E-state index in [1.165, 1.54) is 0 Å².